The zero-order valence-electron chi connectivity index (χ0n) is 15.5. The molecule has 3 aromatic rings. The van der Waals surface area contributed by atoms with Gasteiger partial charge in [0.2, 0.25) is 0 Å². The molecule has 0 aliphatic rings. The molecule has 0 atom stereocenters. The summed E-state index contributed by atoms with van der Waals surface area (Å²) in [5.74, 6) is 1.64. The summed E-state index contributed by atoms with van der Waals surface area (Å²) in [4.78, 5) is 21.9. The molecule has 0 unspecified atom stereocenters. The minimum Gasteiger partial charge on any atom is -0.497 e. The van der Waals surface area contributed by atoms with E-state index in [9.17, 15) is 4.79 Å². The standard InChI is InChI=1S/C19H20N4O3S/c1-11-5-6-20-16(7-11)23-19-21-12(2)17(27-19)18(24)22-13-8-14(25-3)10-15(9-13)26-4/h5-10H,1-4H3,(H,22,24)(H,20,21,23). The van der Waals surface area contributed by atoms with Crippen molar-refractivity contribution < 1.29 is 14.3 Å². The highest BCUT2D eigenvalue weighted by atomic mass is 32.1. The summed E-state index contributed by atoms with van der Waals surface area (Å²) in [5.41, 5.74) is 2.31. The lowest BCUT2D eigenvalue weighted by Crippen LogP contribution is -2.11. The minimum atomic E-state index is -0.245. The predicted molar refractivity (Wildman–Crippen MR) is 107 cm³/mol. The van der Waals surface area contributed by atoms with Crippen LogP contribution in [0.2, 0.25) is 0 Å². The maximum Gasteiger partial charge on any atom is 0.267 e. The van der Waals surface area contributed by atoms with Gasteiger partial charge in [-0.15, -0.1) is 0 Å². The third-order valence-corrected chi connectivity index (χ3v) is 4.83. The molecule has 8 heteroatoms. The van der Waals surface area contributed by atoms with Crippen molar-refractivity contribution >= 4 is 33.9 Å². The van der Waals surface area contributed by atoms with E-state index in [1.54, 1.807) is 45.5 Å². The van der Waals surface area contributed by atoms with Crippen molar-refractivity contribution in [3.63, 3.8) is 0 Å². The number of carbonyl (C=O) groups is 1. The highest BCUT2D eigenvalue weighted by Gasteiger charge is 2.16. The molecule has 1 aromatic carbocycles. The first kappa shape index (κ1) is 18.7. The SMILES string of the molecule is COc1cc(NC(=O)c2sc(Nc3cc(C)ccn3)nc2C)cc(OC)c1. The van der Waals surface area contributed by atoms with Crippen LogP contribution in [-0.4, -0.2) is 30.1 Å². The minimum absolute atomic E-state index is 0.245. The highest BCUT2D eigenvalue weighted by molar-refractivity contribution is 7.17. The molecule has 2 N–H and O–H groups in total. The van der Waals surface area contributed by atoms with Crippen LogP contribution < -0.4 is 20.1 Å². The molecule has 3 rings (SSSR count). The number of nitrogens with zero attached hydrogens (tertiary/aromatic N) is 2. The van der Waals surface area contributed by atoms with E-state index in [4.69, 9.17) is 9.47 Å². The number of aryl methyl sites for hydroxylation is 2. The van der Waals surface area contributed by atoms with E-state index in [1.807, 2.05) is 19.1 Å². The zero-order chi connectivity index (χ0) is 19.4. The van der Waals surface area contributed by atoms with Crippen LogP contribution in [0, 0.1) is 13.8 Å². The van der Waals surface area contributed by atoms with Gasteiger partial charge in [-0.25, -0.2) is 9.97 Å². The predicted octanol–water partition coefficient (Wildman–Crippen LogP) is 4.17. The van der Waals surface area contributed by atoms with Gasteiger partial charge in [-0.2, -0.15) is 0 Å². The first-order chi connectivity index (χ1) is 13.0. The Morgan fingerprint density at radius 2 is 1.78 bits per heavy atom. The smallest absolute Gasteiger partial charge is 0.267 e. The second-order valence-corrected chi connectivity index (χ2v) is 6.83. The fourth-order valence-electron chi connectivity index (χ4n) is 2.44. The molecule has 0 spiro atoms. The van der Waals surface area contributed by atoms with Gasteiger partial charge < -0.3 is 20.1 Å². The van der Waals surface area contributed by atoms with Crippen molar-refractivity contribution in [2.45, 2.75) is 13.8 Å². The largest absolute Gasteiger partial charge is 0.497 e. The number of aromatic nitrogens is 2. The number of benzene rings is 1. The number of hydrogen-bond acceptors (Lipinski definition) is 7. The molecule has 2 aromatic heterocycles. The summed E-state index contributed by atoms with van der Waals surface area (Å²) in [6.45, 7) is 3.79. The number of thiazole rings is 1. The van der Waals surface area contributed by atoms with Crippen molar-refractivity contribution in [3.8, 4) is 11.5 Å². The Labute approximate surface area is 161 Å². The molecule has 0 aliphatic heterocycles. The lowest BCUT2D eigenvalue weighted by Gasteiger charge is -2.09. The van der Waals surface area contributed by atoms with Crippen LogP contribution in [0.5, 0.6) is 11.5 Å². The van der Waals surface area contributed by atoms with E-state index in [0.29, 0.717) is 38.7 Å². The second kappa shape index (κ2) is 8.05. The molecule has 0 bridgehead atoms. The summed E-state index contributed by atoms with van der Waals surface area (Å²) in [6.07, 6.45) is 1.72. The van der Waals surface area contributed by atoms with E-state index in [0.717, 1.165) is 5.56 Å². The highest BCUT2D eigenvalue weighted by Crippen LogP contribution is 2.29. The Kier molecular flexibility index (Phi) is 5.56. The van der Waals surface area contributed by atoms with Crippen LogP contribution in [-0.2, 0) is 0 Å². The average Bonchev–Trinajstić information content (AvgIpc) is 3.01. The number of nitrogens with one attached hydrogen (secondary N) is 2. The third kappa shape index (κ3) is 4.53. The molecular formula is C19H20N4O3S. The normalized spacial score (nSPS) is 10.4. The van der Waals surface area contributed by atoms with Gasteiger partial charge in [0, 0.05) is 30.1 Å². The molecule has 0 aliphatic carbocycles. The van der Waals surface area contributed by atoms with Gasteiger partial charge in [-0.3, -0.25) is 4.79 Å². The van der Waals surface area contributed by atoms with Crippen molar-refractivity contribution in [3.05, 3.63) is 52.7 Å². The summed E-state index contributed by atoms with van der Waals surface area (Å²) < 4.78 is 10.5. The summed E-state index contributed by atoms with van der Waals surface area (Å²) >= 11 is 1.27. The van der Waals surface area contributed by atoms with Gasteiger partial charge in [0.05, 0.1) is 19.9 Å². The number of carbonyl (C=O) groups excluding carboxylic acids is 1. The van der Waals surface area contributed by atoms with Crippen molar-refractivity contribution in [2.75, 3.05) is 24.9 Å². The Morgan fingerprint density at radius 3 is 2.41 bits per heavy atom. The molecule has 0 saturated carbocycles. The van der Waals surface area contributed by atoms with Crippen LogP contribution in [0.25, 0.3) is 0 Å². The van der Waals surface area contributed by atoms with Gasteiger partial charge in [-0.1, -0.05) is 11.3 Å². The van der Waals surface area contributed by atoms with Crippen LogP contribution >= 0.6 is 11.3 Å². The van der Waals surface area contributed by atoms with Crippen LogP contribution in [0.1, 0.15) is 20.9 Å². The number of methoxy groups -OCH3 is 2. The quantitative estimate of drug-likeness (QED) is 0.663. The van der Waals surface area contributed by atoms with E-state index in [-0.39, 0.29) is 5.91 Å². The number of ether oxygens (including phenoxy) is 2. The molecule has 27 heavy (non-hydrogen) atoms. The maximum absolute atomic E-state index is 12.7. The van der Waals surface area contributed by atoms with Gasteiger partial charge in [0.1, 0.15) is 22.2 Å². The summed E-state index contributed by atoms with van der Waals surface area (Å²) in [5, 5.41) is 6.61. The van der Waals surface area contributed by atoms with Crippen molar-refractivity contribution in [1.82, 2.24) is 9.97 Å². The van der Waals surface area contributed by atoms with Crippen molar-refractivity contribution in [1.29, 1.82) is 0 Å². The fraction of sp³-hybridized carbons (Fsp3) is 0.211. The monoisotopic (exact) mass is 384 g/mol. The number of amides is 1. The van der Waals surface area contributed by atoms with Crippen LogP contribution in [0.3, 0.4) is 0 Å². The maximum atomic E-state index is 12.7. The zero-order valence-corrected chi connectivity index (χ0v) is 16.3. The molecule has 7 nitrogen and oxygen atoms in total. The number of hydrogen-bond donors (Lipinski definition) is 2. The van der Waals surface area contributed by atoms with E-state index < -0.39 is 0 Å². The van der Waals surface area contributed by atoms with Crippen LogP contribution in [0.4, 0.5) is 16.6 Å². The Hall–Kier alpha value is -3.13. The summed E-state index contributed by atoms with van der Waals surface area (Å²) in [6, 6.07) is 9.03. The Bertz CT molecular complexity index is 949. The van der Waals surface area contributed by atoms with Gasteiger partial charge >= 0.3 is 0 Å². The second-order valence-electron chi connectivity index (χ2n) is 5.83. The molecular weight excluding hydrogens is 364 g/mol. The molecule has 140 valence electrons. The topological polar surface area (TPSA) is 85.4 Å². The van der Waals surface area contributed by atoms with Crippen molar-refractivity contribution in [2.24, 2.45) is 0 Å². The summed E-state index contributed by atoms with van der Waals surface area (Å²) in [7, 11) is 3.12. The van der Waals surface area contributed by atoms with Gasteiger partial charge in [0.15, 0.2) is 5.13 Å². The number of anilines is 3. The third-order valence-electron chi connectivity index (χ3n) is 3.76. The average molecular weight is 384 g/mol. The molecule has 0 fully saturated rings. The molecule has 0 saturated heterocycles. The van der Waals surface area contributed by atoms with E-state index in [1.165, 1.54) is 11.3 Å². The van der Waals surface area contributed by atoms with E-state index in [2.05, 4.69) is 20.6 Å². The molecule has 1 amide bonds. The number of rotatable bonds is 6. The first-order valence-electron chi connectivity index (χ1n) is 8.20. The molecule has 0 radical (unpaired) electrons. The number of pyridine rings is 1. The van der Waals surface area contributed by atoms with E-state index >= 15 is 0 Å². The lowest BCUT2D eigenvalue weighted by molar-refractivity contribution is 0.103. The lowest BCUT2D eigenvalue weighted by atomic mass is 10.2. The Morgan fingerprint density at radius 1 is 1.07 bits per heavy atom. The van der Waals surface area contributed by atoms with Crippen LogP contribution in [0.15, 0.2) is 36.5 Å². The van der Waals surface area contributed by atoms with Gasteiger partial charge in [0.25, 0.3) is 5.91 Å². The Balaban J connectivity index is 1.78. The first-order valence-corrected chi connectivity index (χ1v) is 9.01. The van der Waals surface area contributed by atoms with Gasteiger partial charge in [-0.05, 0) is 31.5 Å². The fourth-order valence-corrected chi connectivity index (χ4v) is 3.31. The molecule has 2 heterocycles.